The fourth-order valence-electron chi connectivity index (χ4n) is 6.64. The number of phosphoric ester groups is 1. The van der Waals surface area contributed by atoms with Crippen LogP contribution in [-0.4, -0.2) is 65.7 Å². The molecule has 0 aromatic heterocycles. The highest BCUT2D eigenvalue weighted by Gasteiger charge is 2.27. The van der Waals surface area contributed by atoms with E-state index in [1.807, 2.05) is 0 Å². The third-order valence-electron chi connectivity index (χ3n) is 10.3. The minimum absolute atomic E-state index is 0.175. The second-order valence-electron chi connectivity index (χ2n) is 16.1. The molecule has 350 valence electrons. The van der Waals surface area contributed by atoms with Crippen LogP contribution >= 0.6 is 7.82 Å². The third-order valence-corrected chi connectivity index (χ3v) is 11.3. The lowest BCUT2D eigenvalue weighted by Crippen LogP contribution is -2.28. The van der Waals surface area contributed by atoms with Gasteiger partial charge in [-0.2, -0.15) is 0 Å². The molecule has 3 N–H and O–H groups in total. The van der Waals surface area contributed by atoms with Gasteiger partial charge in [0.25, 0.3) is 0 Å². The molecule has 0 aliphatic carbocycles. The van der Waals surface area contributed by atoms with Gasteiger partial charge in [-0.05, 0) is 51.4 Å². The number of hydrogen-bond acceptors (Lipinski definition) is 9. The van der Waals surface area contributed by atoms with Gasteiger partial charge in [-0.1, -0.05) is 197 Å². The molecule has 0 aliphatic rings. The molecular formula is C49H89O10P. The summed E-state index contributed by atoms with van der Waals surface area (Å²) in [4.78, 5) is 34.6. The molecule has 0 bridgehead atoms. The van der Waals surface area contributed by atoms with E-state index in [2.05, 4.69) is 62.5 Å². The standard InChI is InChI=1S/C49H89O10P/c1-3-5-7-9-11-13-15-17-19-21-23-25-27-29-31-33-35-37-39-41-49(53)59-47(43-51)45-57-60(54,55)56-44-46(42-50)58-48(52)40-38-36-34-32-30-28-26-24-22-20-18-16-14-12-10-8-6-4-2/h5,7,11,13,17,19,23,25,46-47,50-51H,3-4,6,8-10,12,14-16,18,20-22,24,26-45H2,1-2H3,(H,54,55)/b7-5-,13-11-,19-17-,25-23-. The maximum atomic E-state index is 12.4. The number of phosphoric acid groups is 1. The van der Waals surface area contributed by atoms with Crippen LogP contribution in [0.3, 0.4) is 0 Å². The van der Waals surface area contributed by atoms with E-state index in [-0.39, 0.29) is 12.8 Å². The van der Waals surface area contributed by atoms with Gasteiger partial charge in [0.15, 0.2) is 0 Å². The lowest BCUT2D eigenvalue weighted by atomic mass is 10.0. The number of allylic oxidation sites excluding steroid dienone is 8. The number of rotatable bonds is 45. The first-order valence-electron chi connectivity index (χ1n) is 24.1. The molecule has 0 aromatic rings. The normalized spacial score (nSPS) is 14.2. The van der Waals surface area contributed by atoms with Crippen molar-refractivity contribution in [2.45, 2.75) is 225 Å². The number of aliphatic hydroxyl groups excluding tert-OH is 2. The van der Waals surface area contributed by atoms with E-state index in [0.29, 0.717) is 12.8 Å². The van der Waals surface area contributed by atoms with Crippen molar-refractivity contribution >= 4 is 19.8 Å². The Bertz CT molecular complexity index is 1140. The number of aliphatic hydroxyl groups is 2. The summed E-state index contributed by atoms with van der Waals surface area (Å²) >= 11 is 0. The van der Waals surface area contributed by atoms with Crippen molar-refractivity contribution in [2.24, 2.45) is 0 Å². The van der Waals surface area contributed by atoms with E-state index < -0.39 is 58.4 Å². The summed E-state index contributed by atoms with van der Waals surface area (Å²) in [6, 6.07) is 0. The monoisotopic (exact) mass is 869 g/mol. The van der Waals surface area contributed by atoms with Crippen LogP contribution in [0.15, 0.2) is 48.6 Å². The number of esters is 2. The largest absolute Gasteiger partial charge is 0.472 e. The van der Waals surface area contributed by atoms with Gasteiger partial charge in [0.2, 0.25) is 0 Å². The molecule has 0 aliphatic heterocycles. The topological polar surface area (TPSA) is 149 Å². The lowest BCUT2D eigenvalue weighted by Gasteiger charge is -2.20. The molecule has 11 heteroatoms. The average molecular weight is 869 g/mol. The van der Waals surface area contributed by atoms with Crippen molar-refractivity contribution in [2.75, 3.05) is 26.4 Å². The zero-order valence-electron chi connectivity index (χ0n) is 38.2. The molecule has 0 radical (unpaired) electrons. The molecule has 0 saturated carbocycles. The molecule has 0 amide bonds. The Morgan fingerprint density at radius 2 is 0.783 bits per heavy atom. The summed E-state index contributed by atoms with van der Waals surface area (Å²) in [5.41, 5.74) is 0. The highest BCUT2D eigenvalue weighted by molar-refractivity contribution is 7.47. The first kappa shape index (κ1) is 57.9. The van der Waals surface area contributed by atoms with Crippen LogP contribution in [0, 0.1) is 0 Å². The van der Waals surface area contributed by atoms with Crippen LogP contribution < -0.4 is 0 Å². The molecule has 3 unspecified atom stereocenters. The van der Waals surface area contributed by atoms with Gasteiger partial charge in [0, 0.05) is 12.8 Å². The highest BCUT2D eigenvalue weighted by Crippen LogP contribution is 2.43. The molecule has 0 heterocycles. The fraction of sp³-hybridized carbons (Fsp3) is 0.796. The van der Waals surface area contributed by atoms with Gasteiger partial charge in [0.1, 0.15) is 12.2 Å². The number of ether oxygens (including phenoxy) is 2. The first-order chi connectivity index (χ1) is 29.3. The number of carbonyl (C=O) groups is 2. The summed E-state index contributed by atoms with van der Waals surface area (Å²) in [5, 5.41) is 19.2. The van der Waals surface area contributed by atoms with Crippen LogP contribution in [0.4, 0.5) is 0 Å². The van der Waals surface area contributed by atoms with Crippen molar-refractivity contribution in [1.29, 1.82) is 0 Å². The average Bonchev–Trinajstić information content (AvgIpc) is 3.24. The molecule has 0 spiro atoms. The van der Waals surface area contributed by atoms with E-state index in [9.17, 15) is 29.3 Å². The minimum Gasteiger partial charge on any atom is -0.457 e. The molecule has 60 heavy (non-hydrogen) atoms. The van der Waals surface area contributed by atoms with Gasteiger partial charge in [0.05, 0.1) is 26.4 Å². The minimum atomic E-state index is -4.64. The van der Waals surface area contributed by atoms with Crippen molar-refractivity contribution in [1.82, 2.24) is 0 Å². The number of unbranched alkanes of at least 4 members (excludes halogenated alkanes) is 23. The Hall–Kier alpha value is -2.07. The molecule has 0 fully saturated rings. The zero-order chi connectivity index (χ0) is 44.0. The van der Waals surface area contributed by atoms with Gasteiger partial charge >= 0.3 is 19.8 Å². The molecule has 0 saturated heterocycles. The molecule has 0 aromatic carbocycles. The molecule has 3 atom stereocenters. The Kier molecular flexibility index (Phi) is 43.4. The highest BCUT2D eigenvalue weighted by atomic mass is 31.2. The Balaban J connectivity index is 3.88. The predicted octanol–water partition coefficient (Wildman–Crippen LogP) is 13.3. The van der Waals surface area contributed by atoms with Crippen molar-refractivity contribution in [3.63, 3.8) is 0 Å². The second kappa shape index (κ2) is 45.0. The number of carbonyl (C=O) groups excluding carboxylic acids is 2. The fourth-order valence-corrected chi connectivity index (χ4v) is 7.42. The maximum Gasteiger partial charge on any atom is 0.472 e. The molecule has 10 nitrogen and oxygen atoms in total. The van der Waals surface area contributed by atoms with E-state index in [4.69, 9.17) is 18.5 Å². The van der Waals surface area contributed by atoms with Crippen LogP contribution in [0.1, 0.15) is 213 Å². The van der Waals surface area contributed by atoms with Gasteiger partial charge in [-0.3, -0.25) is 18.6 Å². The van der Waals surface area contributed by atoms with E-state index in [0.717, 1.165) is 83.5 Å². The summed E-state index contributed by atoms with van der Waals surface area (Å²) in [7, 11) is -4.64. The van der Waals surface area contributed by atoms with Gasteiger partial charge < -0.3 is 24.6 Å². The quantitative estimate of drug-likeness (QED) is 0.0234. The second-order valence-corrected chi connectivity index (χ2v) is 17.5. The summed E-state index contributed by atoms with van der Waals surface area (Å²) in [6.07, 6.45) is 49.4. The van der Waals surface area contributed by atoms with Crippen LogP contribution in [0.2, 0.25) is 0 Å². The number of hydrogen-bond donors (Lipinski definition) is 3. The first-order valence-corrected chi connectivity index (χ1v) is 25.6. The summed E-state index contributed by atoms with van der Waals surface area (Å²) in [6.45, 7) is 2.11. The predicted molar refractivity (Wildman–Crippen MR) is 247 cm³/mol. The van der Waals surface area contributed by atoms with Crippen molar-refractivity contribution in [3.05, 3.63) is 48.6 Å². The van der Waals surface area contributed by atoms with Crippen LogP contribution in [0.25, 0.3) is 0 Å². The van der Waals surface area contributed by atoms with E-state index >= 15 is 0 Å². The zero-order valence-corrected chi connectivity index (χ0v) is 39.1. The maximum absolute atomic E-state index is 12.4. The van der Waals surface area contributed by atoms with Gasteiger partial charge in [-0.25, -0.2) is 4.57 Å². The van der Waals surface area contributed by atoms with Crippen molar-refractivity contribution in [3.8, 4) is 0 Å². The Labute approximate surface area is 366 Å². The lowest BCUT2D eigenvalue weighted by molar-refractivity contribution is -0.153. The SMILES string of the molecule is CC/C=C\C/C=C\C/C=C\C/C=C\CCCCCCCCC(=O)OC(CO)COP(=O)(O)OCC(CO)OC(=O)CCCCCCCCCCCCCCCCCCCC. The van der Waals surface area contributed by atoms with Crippen molar-refractivity contribution < 1.29 is 47.8 Å². The Morgan fingerprint density at radius 3 is 1.13 bits per heavy atom. The summed E-state index contributed by atoms with van der Waals surface area (Å²) in [5.74, 6) is -1.03. The van der Waals surface area contributed by atoms with Crippen LogP contribution in [0.5, 0.6) is 0 Å². The molecule has 0 rings (SSSR count). The van der Waals surface area contributed by atoms with Gasteiger partial charge in [-0.15, -0.1) is 0 Å². The van der Waals surface area contributed by atoms with E-state index in [1.165, 1.54) is 89.9 Å². The summed E-state index contributed by atoms with van der Waals surface area (Å²) < 4.78 is 32.7. The Morgan fingerprint density at radius 1 is 0.467 bits per heavy atom. The molecular weight excluding hydrogens is 780 g/mol. The smallest absolute Gasteiger partial charge is 0.457 e. The van der Waals surface area contributed by atoms with Crippen LogP contribution in [-0.2, 0) is 32.7 Å². The van der Waals surface area contributed by atoms with E-state index in [1.54, 1.807) is 0 Å². The third kappa shape index (κ3) is 42.6.